The molecular formula is C20H19FN2O. The highest BCUT2D eigenvalue weighted by molar-refractivity contribution is 5.94. The summed E-state index contributed by atoms with van der Waals surface area (Å²) < 4.78 is 13.8. The number of pyridine rings is 1. The molecule has 0 aliphatic heterocycles. The summed E-state index contributed by atoms with van der Waals surface area (Å²) in [4.78, 5) is 17.0. The first kappa shape index (κ1) is 16.1. The zero-order chi connectivity index (χ0) is 17.3. The van der Waals surface area contributed by atoms with Gasteiger partial charge in [0, 0.05) is 11.1 Å². The van der Waals surface area contributed by atoms with Gasteiger partial charge in [-0.25, -0.2) is 4.39 Å². The highest BCUT2D eigenvalue weighted by Gasteiger charge is 2.14. The van der Waals surface area contributed by atoms with E-state index >= 15 is 0 Å². The van der Waals surface area contributed by atoms with Crippen LogP contribution in [0.15, 0.2) is 42.5 Å². The first-order valence-electron chi connectivity index (χ1n) is 7.86. The fourth-order valence-corrected chi connectivity index (χ4v) is 2.92. The summed E-state index contributed by atoms with van der Waals surface area (Å²) >= 11 is 0. The Bertz CT molecular complexity index is 934. The minimum absolute atomic E-state index is 0.170. The number of benzene rings is 2. The molecule has 0 bridgehead atoms. The number of amides is 1. The van der Waals surface area contributed by atoms with E-state index in [1.807, 2.05) is 45.0 Å². The Kier molecular flexibility index (Phi) is 4.30. The number of aromatic nitrogens is 1. The molecule has 122 valence electrons. The van der Waals surface area contributed by atoms with Crippen molar-refractivity contribution in [2.45, 2.75) is 27.2 Å². The van der Waals surface area contributed by atoms with Crippen molar-refractivity contribution < 1.29 is 9.18 Å². The molecule has 0 saturated carbocycles. The molecule has 3 rings (SSSR count). The van der Waals surface area contributed by atoms with E-state index in [0.29, 0.717) is 0 Å². The number of para-hydroxylation sites is 1. The number of aryl methyl sites for hydroxylation is 3. The molecule has 0 saturated heterocycles. The number of rotatable bonds is 3. The molecule has 4 heteroatoms. The Hall–Kier alpha value is -2.75. The van der Waals surface area contributed by atoms with Crippen LogP contribution in [-0.4, -0.2) is 10.9 Å². The maximum Gasteiger partial charge on any atom is 0.228 e. The Balaban J connectivity index is 1.89. The van der Waals surface area contributed by atoms with Gasteiger partial charge in [0.2, 0.25) is 5.91 Å². The SMILES string of the molecule is Cc1ccc(F)c(NC(=O)Cc2c(C)nc3ccccc3c2C)c1. The van der Waals surface area contributed by atoms with Crippen LogP contribution in [0.4, 0.5) is 10.1 Å². The lowest BCUT2D eigenvalue weighted by atomic mass is 9.99. The summed E-state index contributed by atoms with van der Waals surface area (Å²) in [6.07, 6.45) is 0.170. The van der Waals surface area contributed by atoms with Gasteiger partial charge in [-0.2, -0.15) is 0 Å². The van der Waals surface area contributed by atoms with E-state index in [4.69, 9.17) is 0 Å². The van der Waals surface area contributed by atoms with Crippen molar-refractivity contribution in [1.29, 1.82) is 0 Å². The quantitative estimate of drug-likeness (QED) is 0.772. The van der Waals surface area contributed by atoms with Gasteiger partial charge in [-0.3, -0.25) is 9.78 Å². The number of nitrogens with one attached hydrogen (secondary N) is 1. The smallest absolute Gasteiger partial charge is 0.228 e. The number of hydrogen-bond acceptors (Lipinski definition) is 2. The summed E-state index contributed by atoms with van der Waals surface area (Å²) in [7, 11) is 0. The Morgan fingerprint density at radius 3 is 2.67 bits per heavy atom. The van der Waals surface area contributed by atoms with Crippen LogP contribution in [0.25, 0.3) is 10.9 Å². The minimum Gasteiger partial charge on any atom is -0.323 e. The largest absolute Gasteiger partial charge is 0.323 e. The number of hydrogen-bond donors (Lipinski definition) is 1. The summed E-state index contributed by atoms with van der Waals surface area (Å²) in [6, 6.07) is 12.5. The average Bonchev–Trinajstić information content (AvgIpc) is 2.55. The van der Waals surface area contributed by atoms with Gasteiger partial charge in [-0.15, -0.1) is 0 Å². The second kappa shape index (κ2) is 6.40. The first-order valence-corrected chi connectivity index (χ1v) is 7.86. The average molecular weight is 322 g/mol. The van der Waals surface area contributed by atoms with E-state index < -0.39 is 5.82 Å². The maximum atomic E-state index is 13.8. The molecule has 3 nitrogen and oxygen atoms in total. The van der Waals surface area contributed by atoms with Crippen LogP contribution in [0, 0.1) is 26.6 Å². The second-order valence-corrected chi connectivity index (χ2v) is 6.03. The number of anilines is 1. The fraction of sp³-hybridized carbons (Fsp3) is 0.200. The minimum atomic E-state index is -0.431. The zero-order valence-corrected chi connectivity index (χ0v) is 14.0. The van der Waals surface area contributed by atoms with Gasteiger partial charge in [0.25, 0.3) is 0 Å². The standard InChI is InChI=1S/C20H19FN2O/c1-12-8-9-17(21)19(10-12)23-20(24)11-16-13(2)15-6-4-5-7-18(15)22-14(16)3/h4-10H,11H2,1-3H3,(H,23,24). The van der Waals surface area contributed by atoms with Gasteiger partial charge in [0.15, 0.2) is 0 Å². The van der Waals surface area contributed by atoms with Gasteiger partial charge in [0.05, 0.1) is 17.6 Å². The molecule has 3 aromatic rings. The van der Waals surface area contributed by atoms with Crippen molar-refractivity contribution >= 4 is 22.5 Å². The predicted octanol–water partition coefficient (Wildman–Crippen LogP) is 4.48. The van der Waals surface area contributed by atoms with Crippen molar-refractivity contribution in [3.05, 3.63) is 70.7 Å². The van der Waals surface area contributed by atoms with Gasteiger partial charge in [0.1, 0.15) is 5.82 Å². The summed E-state index contributed by atoms with van der Waals surface area (Å²) in [5.74, 6) is -0.679. The van der Waals surface area contributed by atoms with Gasteiger partial charge >= 0.3 is 0 Å². The third-order valence-electron chi connectivity index (χ3n) is 4.22. The van der Waals surface area contributed by atoms with Crippen LogP contribution in [0.1, 0.15) is 22.4 Å². The van der Waals surface area contributed by atoms with Crippen LogP contribution in [0.3, 0.4) is 0 Å². The highest BCUT2D eigenvalue weighted by Crippen LogP contribution is 2.23. The van der Waals surface area contributed by atoms with Gasteiger partial charge in [-0.1, -0.05) is 24.3 Å². The first-order chi connectivity index (χ1) is 11.5. The number of carbonyl (C=O) groups is 1. The van der Waals surface area contributed by atoms with Crippen LogP contribution in [0.5, 0.6) is 0 Å². The molecule has 1 amide bonds. The van der Waals surface area contributed by atoms with Crippen molar-refractivity contribution in [3.63, 3.8) is 0 Å². The van der Waals surface area contributed by atoms with E-state index in [0.717, 1.165) is 33.3 Å². The molecule has 24 heavy (non-hydrogen) atoms. The molecule has 0 unspecified atom stereocenters. The molecule has 2 aromatic carbocycles. The normalized spacial score (nSPS) is 10.8. The van der Waals surface area contributed by atoms with Crippen LogP contribution < -0.4 is 5.32 Å². The lowest BCUT2D eigenvalue weighted by Crippen LogP contribution is -2.17. The third-order valence-corrected chi connectivity index (χ3v) is 4.22. The van der Waals surface area contributed by atoms with Crippen LogP contribution in [-0.2, 0) is 11.2 Å². The third kappa shape index (κ3) is 3.13. The Labute approximate surface area is 140 Å². The van der Waals surface area contributed by atoms with Gasteiger partial charge < -0.3 is 5.32 Å². The molecule has 0 radical (unpaired) electrons. The van der Waals surface area contributed by atoms with E-state index in [9.17, 15) is 9.18 Å². The van der Waals surface area contributed by atoms with Crippen molar-refractivity contribution in [3.8, 4) is 0 Å². The highest BCUT2D eigenvalue weighted by atomic mass is 19.1. The van der Waals surface area contributed by atoms with E-state index in [-0.39, 0.29) is 18.0 Å². The molecule has 0 aliphatic rings. The number of nitrogens with zero attached hydrogens (tertiary/aromatic N) is 1. The molecule has 0 fully saturated rings. The Morgan fingerprint density at radius 2 is 1.88 bits per heavy atom. The Morgan fingerprint density at radius 1 is 1.12 bits per heavy atom. The summed E-state index contributed by atoms with van der Waals surface area (Å²) in [5.41, 5.74) is 4.78. The van der Waals surface area contributed by atoms with E-state index in [1.165, 1.54) is 6.07 Å². The van der Waals surface area contributed by atoms with Crippen molar-refractivity contribution in [2.24, 2.45) is 0 Å². The lowest BCUT2D eigenvalue weighted by molar-refractivity contribution is -0.115. The number of fused-ring (bicyclic) bond motifs is 1. The molecule has 0 spiro atoms. The molecule has 0 atom stereocenters. The molecule has 1 aromatic heterocycles. The second-order valence-electron chi connectivity index (χ2n) is 6.03. The molecule has 1 N–H and O–H groups in total. The topological polar surface area (TPSA) is 42.0 Å². The van der Waals surface area contributed by atoms with Crippen LogP contribution >= 0.6 is 0 Å². The summed E-state index contributed by atoms with van der Waals surface area (Å²) in [5, 5.41) is 3.70. The van der Waals surface area contributed by atoms with Gasteiger partial charge in [-0.05, 0) is 55.7 Å². The number of carbonyl (C=O) groups excluding carboxylic acids is 1. The number of halogens is 1. The summed E-state index contributed by atoms with van der Waals surface area (Å²) in [6.45, 7) is 5.75. The molecular weight excluding hydrogens is 303 g/mol. The molecule has 1 heterocycles. The monoisotopic (exact) mass is 322 g/mol. The van der Waals surface area contributed by atoms with Crippen molar-refractivity contribution in [2.75, 3.05) is 5.32 Å². The van der Waals surface area contributed by atoms with Crippen LogP contribution in [0.2, 0.25) is 0 Å². The van der Waals surface area contributed by atoms with E-state index in [1.54, 1.807) is 12.1 Å². The predicted molar refractivity (Wildman–Crippen MR) is 94.7 cm³/mol. The zero-order valence-electron chi connectivity index (χ0n) is 14.0. The van der Waals surface area contributed by atoms with Crippen molar-refractivity contribution in [1.82, 2.24) is 4.98 Å². The lowest BCUT2D eigenvalue weighted by Gasteiger charge is -2.13. The van der Waals surface area contributed by atoms with E-state index in [2.05, 4.69) is 10.3 Å². The molecule has 0 aliphatic carbocycles. The fourth-order valence-electron chi connectivity index (χ4n) is 2.92. The maximum absolute atomic E-state index is 13.8.